The molecule has 0 saturated carbocycles. The first kappa shape index (κ1) is 11.7. The molecule has 1 aromatic rings. The number of carbonyl (C=O) groups excluding carboxylic acids is 1. The van der Waals surface area contributed by atoms with E-state index in [1.54, 1.807) is 6.20 Å². The number of aryl methyl sites for hydroxylation is 1. The second-order valence-electron chi connectivity index (χ2n) is 4.56. The Kier molecular flexibility index (Phi) is 3.17. The van der Waals surface area contributed by atoms with E-state index in [0.717, 1.165) is 43.0 Å². The molecule has 1 aliphatic heterocycles. The molecule has 1 amide bonds. The average Bonchev–Trinajstić information content (AvgIpc) is 2.33. The molecule has 1 fully saturated rings. The molecule has 92 valence electrons. The van der Waals surface area contributed by atoms with Crippen LogP contribution in [0.4, 0.5) is 11.5 Å². The maximum atomic E-state index is 11.1. The van der Waals surface area contributed by atoms with Gasteiger partial charge in [-0.1, -0.05) is 0 Å². The van der Waals surface area contributed by atoms with Crippen LogP contribution >= 0.6 is 0 Å². The van der Waals surface area contributed by atoms with Crippen LogP contribution in [0.1, 0.15) is 18.4 Å². The molecule has 2 rings (SSSR count). The minimum absolute atomic E-state index is 0.00838. The number of pyridine rings is 1. The van der Waals surface area contributed by atoms with Crippen LogP contribution in [-0.4, -0.2) is 24.0 Å². The summed E-state index contributed by atoms with van der Waals surface area (Å²) in [4.78, 5) is 17.6. The van der Waals surface area contributed by atoms with E-state index in [9.17, 15) is 4.79 Å². The van der Waals surface area contributed by atoms with Gasteiger partial charge in [-0.2, -0.15) is 0 Å². The molecule has 0 bridgehead atoms. The molecule has 0 aromatic carbocycles. The second-order valence-corrected chi connectivity index (χ2v) is 4.56. The molecule has 4 N–H and O–H groups in total. The van der Waals surface area contributed by atoms with Crippen LogP contribution in [-0.2, 0) is 4.79 Å². The molecular weight excluding hydrogens is 216 g/mol. The highest BCUT2D eigenvalue weighted by molar-refractivity contribution is 5.77. The molecule has 17 heavy (non-hydrogen) atoms. The van der Waals surface area contributed by atoms with Crippen LogP contribution in [0.2, 0.25) is 0 Å². The number of carbonyl (C=O) groups is 1. The van der Waals surface area contributed by atoms with Crippen molar-refractivity contribution in [3.8, 4) is 0 Å². The van der Waals surface area contributed by atoms with Crippen molar-refractivity contribution in [3.63, 3.8) is 0 Å². The highest BCUT2D eigenvalue weighted by atomic mass is 16.1. The summed E-state index contributed by atoms with van der Waals surface area (Å²) >= 11 is 0. The number of rotatable bonds is 2. The van der Waals surface area contributed by atoms with E-state index in [2.05, 4.69) is 9.88 Å². The third kappa shape index (κ3) is 2.49. The van der Waals surface area contributed by atoms with Crippen molar-refractivity contribution in [1.82, 2.24) is 4.98 Å². The normalized spacial score (nSPS) is 17.1. The first-order valence-corrected chi connectivity index (χ1v) is 5.84. The van der Waals surface area contributed by atoms with Crippen LogP contribution in [0.15, 0.2) is 12.3 Å². The van der Waals surface area contributed by atoms with Crippen molar-refractivity contribution >= 4 is 17.4 Å². The summed E-state index contributed by atoms with van der Waals surface area (Å²) in [5.74, 6) is 0.700. The van der Waals surface area contributed by atoms with E-state index < -0.39 is 0 Å². The summed E-state index contributed by atoms with van der Waals surface area (Å²) in [6, 6.07) is 1.89. The molecule has 2 heterocycles. The van der Waals surface area contributed by atoms with E-state index in [-0.39, 0.29) is 11.8 Å². The number of amides is 1. The fraction of sp³-hybridized carbons (Fsp3) is 0.500. The Morgan fingerprint density at radius 1 is 1.47 bits per heavy atom. The number of piperidine rings is 1. The van der Waals surface area contributed by atoms with Gasteiger partial charge in [-0.15, -0.1) is 0 Å². The van der Waals surface area contributed by atoms with Crippen LogP contribution in [0.3, 0.4) is 0 Å². The zero-order valence-corrected chi connectivity index (χ0v) is 10.0. The first-order chi connectivity index (χ1) is 8.08. The molecule has 1 saturated heterocycles. The van der Waals surface area contributed by atoms with Gasteiger partial charge in [-0.05, 0) is 25.3 Å². The quantitative estimate of drug-likeness (QED) is 0.787. The van der Waals surface area contributed by atoms with Gasteiger partial charge in [0.25, 0.3) is 0 Å². The van der Waals surface area contributed by atoms with Gasteiger partial charge in [0.05, 0.1) is 0 Å². The Morgan fingerprint density at radius 2 is 2.12 bits per heavy atom. The topological polar surface area (TPSA) is 85.2 Å². The number of nitrogens with two attached hydrogens (primary N) is 2. The zero-order valence-electron chi connectivity index (χ0n) is 10.0. The molecule has 0 unspecified atom stereocenters. The minimum Gasteiger partial charge on any atom is -0.398 e. The molecule has 1 aromatic heterocycles. The Hall–Kier alpha value is -1.78. The average molecular weight is 234 g/mol. The van der Waals surface area contributed by atoms with E-state index in [1.807, 2.05) is 13.0 Å². The summed E-state index contributed by atoms with van der Waals surface area (Å²) in [7, 11) is 0. The fourth-order valence-corrected chi connectivity index (χ4v) is 2.09. The number of hydrogen-bond acceptors (Lipinski definition) is 4. The van der Waals surface area contributed by atoms with Gasteiger partial charge in [0.15, 0.2) is 0 Å². The van der Waals surface area contributed by atoms with E-state index in [4.69, 9.17) is 11.5 Å². The molecule has 1 aliphatic rings. The largest absolute Gasteiger partial charge is 0.398 e. The minimum atomic E-state index is -0.193. The standard InChI is InChI=1S/C12H18N4O/c1-8-7-15-11(6-10(8)13)16-4-2-9(3-5-16)12(14)17/h6-7,9H,2-5H2,1H3,(H2,13,15)(H2,14,17). The summed E-state index contributed by atoms with van der Waals surface area (Å²) < 4.78 is 0. The summed E-state index contributed by atoms with van der Waals surface area (Å²) in [6.45, 7) is 3.55. The van der Waals surface area contributed by atoms with Gasteiger partial charge in [-0.25, -0.2) is 4.98 Å². The Balaban J connectivity index is 2.05. The van der Waals surface area contributed by atoms with Gasteiger partial charge >= 0.3 is 0 Å². The molecule has 0 aliphatic carbocycles. The lowest BCUT2D eigenvalue weighted by molar-refractivity contribution is -0.122. The van der Waals surface area contributed by atoms with Crippen molar-refractivity contribution in [2.24, 2.45) is 11.7 Å². The monoisotopic (exact) mass is 234 g/mol. The number of primary amides is 1. The maximum Gasteiger partial charge on any atom is 0.220 e. The van der Waals surface area contributed by atoms with Gasteiger partial charge < -0.3 is 16.4 Å². The zero-order chi connectivity index (χ0) is 12.4. The number of hydrogen-bond donors (Lipinski definition) is 2. The molecule has 5 nitrogen and oxygen atoms in total. The maximum absolute atomic E-state index is 11.1. The number of aromatic nitrogens is 1. The molecule has 0 spiro atoms. The molecular formula is C12H18N4O. The van der Waals surface area contributed by atoms with Crippen molar-refractivity contribution in [1.29, 1.82) is 0 Å². The summed E-state index contributed by atoms with van der Waals surface area (Å²) in [5.41, 5.74) is 12.9. The van der Waals surface area contributed by atoms with Crippen molar-refractivity contribution in [2.45, 2.75) is 19.8 Å². The Labute approximate surface area is 101 Å². The van der Waals surface area contributed by atoms with Gasteiger partial charge in [0, 0.05) is 37.0 Å². The smallest absolute Gasteiger partial charge is 0.220 e. The van der Waals surface area contributed by atoms with Gasteiger partial charge in [0.1, 0.15) is 5.82 Å². The lowest BCUT2D eigenvalue weighted by atomic mass is 9.96. The third-order valence-electron chi connectivity index (χ3n) is 3.35. The lowest BCUT2D eigenvalue weighted by Gasteiger charge is -2.31. The SMILES string of the molecule is Cc1cnc(N2CCC(C(N)=O)CC2)cc1N. The van der Waals surface area contributed by atoms with Crippen LogP contribution in [0.5, 0.6) is 0 Å². The van der Waals surface area contributed by atoms with Crippen LogP contribution in [0.25, 0.3) is 0 Å². The number of nitrogens with zero attached hydrogens (tertiary/aromatic N) is 2. The molecule has 0 radical (unpaired) electrons. The van der Waals surface area contributed by atoms with E-state index >= 15 is 0 Å². The van der Waals surface area contributed by atoms with E-state index in [1.165, 1.54) is 0 Å². The van der Waals surface area contributed by atoms with Crippen molar-refractivity contribution in [2.75, 3.05) is 23.7 Å². The molecule has 0 atom stereocenters. The summed E-state index contributed by atoms with van der Waals surface area (Å²) in [6.07, 6.45) is 3.38. The predicted octanol–water partition coefficient (Wildman–Crippen LogP) is 0.674. The van der Waals surface area contributed by atoms with Gasteiger partial charge in [-0.3, -0.25) is 4.79 Å². The van der Waals surface area contributed by atoms with Crippen molar-refractivity contribution < 1.29 is 4.79 Å². The van der Waals surface area contributed by atoms with E-state index in [0.29, 0.717) is 0 Å². The highest BCUT2D eigenvalue weighted by Gasteiger charge is 2.23. The number of nitrogen functional groups attached to an aromatic ring is 1. The van der Waals surface area contributed by atoms with Gasteiger partial charge in [0.2, 0.25) is 5.91 Å². The predicted molar refractivity (Wildman–Crippen MR) is 67.5 cm³/mol. The summed E-state index contributed by atoms with van der Waals surface area (Å²) in [5, 5.41) is 0. The Morgan fingerprint density at radius 3 is 2.65 bits per heavy atom. The van der Waals surface area contributed by atoms with Crippen LogP contribution < -0.4 is 16.4 Å². The third-order valence-corrected chi connectivity index (χ3v) is 3.35. The first-order valence-electron chi connectivity index (χ1n) is 5.84. The highest BCUT2D eigenvalue weighted by Crippen LogP contribution is 2.23. The Bertz CT molecular complexity index is 425. The van der Waals surface area contributed by atoms with Crippen LogP contribution in [0, 0.1) is 12.8 Å². The second kappa shape index (κ2) is 4.61. The van der Waals surface area contributed by atoms with Crippen molar-refractivity contribution in [3.05, 3.63) is 17.8 Å². The fourth-order valence-electron chi connectivity index (χ4n) is 2.09. The number of anilines is 2. The molecule has 5 heteroatoms. The lowest BCUT2D eigenvalue weighted by Crippen LogP contribution is -2.38.